The van der Waals surface area contributed by atoms with E-state index in [1.165, 1.54) is 6.20 Å². The molecule has 0 saturated carbocycles. The largest absolute Gasteiger partial charge is 0.405 e. The number of halogens is 2. The van der Waals surface area contributed by atoms with Gasteiger partial charge in [0.2, 0.25) is 5.91 Å². The lowest BCUT2D eigenvalue weighted by Crippen LogP contribution is -2.47. The molecule has 2 atom stereocenters. The Bertz CT molecular complexity index is 939. The lowest BCUT2D eigenvalue weighted by Gasteiger charge is -2.33. The van der Waals surface area contributed by atoms with Gasteiger partial charge < -0.3 is 21.1 Å². The van der Waals surface area contributed by atoms with Crippen molar-refractivity contribution in [1.82, 2.24) is 15.5 Å². The zero-order chi connectivity index (χ0) is 23.6. The minimum atomic E-state index is -0.0430. The van der Waals surface area contributed by atoms with Gasteiger partial charge in [-0.2, -0.15) is 0 Å². The summed E-state index contributed by atoms with van der Waals surface area (Å²) in [4.78, 5) is 14.7. The Hall–Kier alpha value is -1.55. The van der Waals surface area contributed by atoms with Crippen LogP contribution < -0.4 is 16.4 Å². The molecule has 0 radical (unpaired) electrons. The topological polar surface area (TPSA) is 79.6 Å². The molecular formula is C23H28Cl2N4O2S2. The molecule has 1 amide bonds. The Morgan fingerprint density at radius 1 is 1.42 bits per heavy atom. The number of nitrogens with one attached hydrogen (secondary N) is 2. The van der Waals surface area contributed by atoms with Crippen LogP contribution in [-0.4, -0.2) is 53.6 Å². The predicted octanol–water partition coefficient (Wildman–Crippen LogP) is 4.09. The Morgan fingerprint density at radius 2 is 2.27 bits per heavy atom. The zero-order valence-corrected chi connectivity index (χ0v) is 21.3. The SMILES string of the molecule is C=C/C(=C\C=C/N)C1=CSC(SCC(=O)NC[C@H]2CN(Cc3ccc(Cl)c(Cl)c3)CCO2)N1. The highest BCUT2D eigenvalue weighted by atomic mass is 35.5. The zero-order valence-electron chi connectivity index (χ0n) is 18.1. The minimum Gasteiger partial charge on any atom is -0.405 e. The van der Waals surface area contributed by atoms with Gasteiger partial charge in [-0.05, 0) is 41.0 Å². The van der Waals surface area contributed by atoms with E-state index in [0.29, 0.717) is 28.9 Å². The molecule has 10 heteroatoms. The summed E-state index contributed by atoms with van der Waals surface area (Å²) >= 11 is 15.3. The van der Waals surface area contributed by atoms with E-state index in [1.807, 2.05) is 29.7 Å². The first-order valence-corrected chi connectivity index (χ1v) is 13.2. The van der Waals surface area contributed by atoms with Crippen molar-refractivity contribution in [3.63, 3.8) is 0 Å². The van der Waals surface area contributed by atoms with Crippen molar-refractivity contribution in [3.8, 4) is 0 Å². The Morgan fingerprint density at radius 3 is 3.03 bits per heavy atom. The number of rotatable bonds is 10. The lowest BCUT2D eigenvalue weighted by molar-refractivity contribution is -0.119. The maximum absolute atomic E-state index is 12.4. The third kappa shape index (κ3) is 8.31. The van der Waals surface area contributed by atoms with E-state index < -0.39 is 0 Å². The number of thioether (sulfide) groups is 2. The van der Waals surface area contributed by atoms with Crippen LogP contribution in [0.1, 0.15) is 5.56 Å². The highest BCUT2D eigenvalue weighted by Gasteiger charge is 2.23. The number of nitrogens with zero attached hydrogens (tertiary/aromatic N) is 1. The van der Waals surface area contributed by atoms with E-state index in [1.54, 1.807) is 35.7 Å². The Labute approximate surface area is 213 Å². The van der Waals surface area contributed by atoms with Crippen LogP contribution in [-0.2, 0) is 16.1 Å². The van der Waals surface area contributed by atoms with Gasteiger partial charge in [0.05, 0.1) is 28.5 Å². The average Bonchev–Trinajstić information content (AvgIpc) is 3.28. The van der Waals surface area contributed by atoms with Gasteiger partial charge in [-0.25, -0.2) is 0 Å². The second-order valence-electron chi connectivity index (χ2n) is 7.45. The number of nitrogens with two attached hydrogens (primary N) is 1. The van der Waals surface area contributed by atoms with Crippen LogP contribution in [0.4, 0.5) is 0 Å². The van der Waals surface area contributed by atoms with Crippen molar-refractivity contribution in [2.24, 2.45) is 5.73 Å². The normalized spacial score (nSPS) is 21.6. The van der Waals surface area contributed by atoms with Gasteiger partial charge in [-0.15, -0.1) is 11.8 Å². The second kappa shape index (κ2) is 13.4. The van der Waals surface area contributed by atoms with Crippen LogP contribution in [0.2, 0.25) is 10.0 Å². The molecule has 4 N–H and O–H groups in total. The second-order valence-corrected chi connectivity index (χ2v) is 10.6. The van der Waals surface area contributed by atoms with Gasteiger partial charge in [-0.3, -0.25) is 9.69 Å². The van der Waals surface area contributed by atoms with Crippen molar-refractivity contribution in [3.05, 3.63) is 81.5 Å². The fourth-order valence-electron chi connectivity index (χ4n) is 3.36. The van der Waals surface area contributed by atoms with Gasteiger partial charge >= 0.3 is 0 Å². The molecule has 2 heterocycles. The molecule has 0 aromatic heterocycles. The van der Waals surface area contributed by atoms with E-state index in [4.69, 9.17) is 33.7 Å². The number of amides is 1. The standard InChI is InChI=1S/C23H28Cl2N4O2S2/c1-2-17(4-3-7-26)21-14-32-23(28-21)33-15-22(30)27-11-18-13-29(8-9-31-18)12-16-5-6-19(24)20(25)10-16/h2-7,10,14,18,23,28H,1,8-9,11-13,15,26H2,(H,27,30)/b7-3-,17-4+/t18-,23?/m0/s1. The first-order valence-electron chi connectivity index (χ1n) is 10.5. The summed E-state index contributed by atoms with van der Waals surface area (Å²) in [6.45, 7) is 7.30. The number of hydrogen-bond acceptors (Lipinski definition) is 7. The third-order valence-electron chi connectivity index (χ3n) is 5.01. The summed E-state index contributed by atoms with van der Waals surface area (Å²) in [5, 5.41) is 9.54. The number of benzene rings is 1. The molecule has 1 unspecified atom stereocenters. The number of morpholine rings is 1. The van der Waals surface area contributed by atoms with Gasteiger partial charge in [0.25, 0.3) is 0 Å². The third-order valence-corrected chi connectivity index (χ3v) is 8.07. The van der Waals surface area contributed by atoms with Crippen molar-refractivity contribution >= 4 is 52.6 Å². The molecule has 178 valence electrons. The summed E-state index contributed by atoms with van der Waals surface area (Å²) in [5.41, 5.74) is 8.44. The Kier molecular flexibility index (Phi) is 10.6. The molecule has 33 heavy (non-hydrogen) atoms. The minimum absolute atomic E-state index is 0.00777. The van der Waals surface area contributed by atoms with Crippen LogP contribution in [0.25, 0.3) is 0 Å². The molecule has 0 spiro atoms. The van der Waals surface area contributed by atoms with E-state index in [0.717, 1.165) is 36.5 Å². The van der Waals surface area contributed by atoms with Gasteiger partial charge in [0, 0.05) is 31.9 Å². The average molecular weight is 528 g/mol. The number of allylic oxidation sites excluding steroid dienone is 3. The van der Waals surface area contributed by atoms with Crippen molar-refractivity contribution in [1.29, 1.82) is 0 Å². The maximum Gasteiger partial charge on any atom is 0.230 e. The van der Waals surface area contributed by atoms with Crippen LogP contribution >= 0.6 is 46.7 Å². The molecule has 2 aliphatic rings. The van der Waals surface area contributed by atoms with E-state index >= 15 is 0 Å². The van der Waals surface area contributed by atoms with E-state index in [2.05, 4.69) is 22.1 Å². The highest BCUT2D eigenvalue weighted by Crippen LogP contribution is 2.32. The van der Waals surface area contributed by atoms with Gasteiger partial charge in [0.15, 0.2) is 0 Å². The number of ether oxygens (including phenoxy) is 1. The summed E-state index contributed by atoms with van der Waals surface area (Å²) < 4.78 is 5.91. The molecule has 1 fully saturated rings. The molecular weight excluding hydrogens is 499 g/mol. The van der Waals surface area contributed by atoms with Crippen molar-refractivity contribution in [2.45, 2.75) is 17.4 Å². The highest BCUT2D eigenvalue weighted by molar-refractivity contribution is 8.18. The summed E-state index contributed by atoms with van der Waals surface area (Å²) in [5.74, 6) is 0.355. The fraction of sp³-hybridized carbons (Fsp3) is 0.348. The molecule has 3 rings (SSSR count). The van der Waals surface area contributed by atoms with Gasteiger partial charge in [-0.1, -0.05) is 59.8 Å². The molecule has 1 aromatic rings. The van der Waals surface area contributed by atoms with Crippen LogP contribution in [0.3, 0.4) is 0 Å². The maximum atomic E-state index is 12.4. The van der Waals surface area contributed by atoms with Crippen molar-refractivity contribution in [2.75, 3.05) is 32.0 Å². The molecule has 2 aliphatic heterocycles. The number of carbonyl (C=O) groups excluding carboxylic acids is 1. The van der Waals surface area contributed by atoms with E-state index in [-0.39, 0.29) is 16.7 Å². The molecule has 1 aromatic carbocycles. The Balaban J connectivity index is 1.37. The molecule has 0 aliphatic carbocycles. The number of hydrogen-bond donors (Lipinski definition) is 3. The predicted molar refractivity (Wildman–Crippen MR) is 141 cm³/mol. The first-order chi connectivity index (χ1) is 16.0. The van der Waals surface area contributed by atoms with Crippen molar-refractivity contribution < 1.29 is 9.53 Å². The van der Waals surface area contributed by atoms with Gasteiger partial charge in [0.1, 0.15) is 4.71 Å². The lowest BCUT2D eigenvalue weighted by atomic mass is 10.2. The monoisotopic (exact) mass is 526 g/mol. The fourth-order valence-corrected chi connectivity index (χ4v) is 5.64. The summed E-state index contributed by atoms with van der Waals surface area (Å²) in [7, 11) is 0. The van der Waals surface area contributed by atoms with E-state index in [9.17, 15) is 4.79 Å². The number of carbonyl (C=O) groups is 1. The molecule has 1 saturated heterocycles. The quantitative estimate of drug-likeness (QED) is 0.396. The van der Waals surface area contributed by atoms with Crippen LogP contribution in [0, 0.1) is 0 Å². The summed E-state index contributed by atoms with van der Waals surface area (Å²) in [6.07, 6.45) is 6.86. The first kappa shape index (κ1) is 26.1. The smallest absolute Gasteiger partial charge is 0.230 e. The van der Waals surface area contributed by atoms with Crippen LogP contribution in [0.5, 0.6) is 0 Å². The van der Waals surface area contributed by atoms with Crippen LogP contribution in [0.15, 0.2) is 65.9 Å². The molecule has 0 bridgehead atoms. The summed E-state index contributed by atoms with van der Waals surface area (Å²) in [6, 6.07) is 5.69. The molecule has 6 nitrogen and oxygen atoms in total.